The monoisotopic (exact) mass is 679 g/mol. The molecule has 252 valence electrons. The third kappa shape index (κ3) is 4.05. The molecular weight excluding hydrogens is 643 g/mol. The summed E-state index contributed by atoms with van der Waals surface area (Å²) in [4.78, 5) is 11.0. The van der Waals surface area contributed by atoms with E-state index in [1.165, 1.54) is 60.8 Å². The van der Waals surface area contributed by atoms with Gasteiger partial charge in [-0.3, -0.25) is 4.57 Å². The Bertz CT molecular complexity index is 3010. The van der Waals surface area contributed by atoms with Crippen molar-refractivity contribution in [2.24, 2.45) is 0 Å². The molecule has 0 N–H and O–H groups in total. The van der Waals surface area contributed by atoms with Crippen LogP contribution in [0.3, 0.4) is 0 Å². The number of nitrogens with zero attached hydrogens (tertiary/aromatic N) is 3. The van der Waals surface area contributed by atoms with E-state index in [-0.39, 0.29) is 10.8 Å². The largest absolute Gasteiger partial charge is 0.277 e. The zero-order valence-corrected chi connectivity index (χ0v) is 30.3. The lowest BCUT2D eigenvalue weighted by Gasteiger charge is -2.22. The molecule has 0 amide bonds. The number of hydrogen-bond acceptors (Lipinski definition) is 2. The van der Waals surface area contributed by atoms with E-state index < -0.39 is 0 Å². The Morgan fingerprint density at radius 2 is 1.04 bits per heavy atom. The molecule has 0 saturated carbocycles. The maximum atomic E-state index is 5.60. The van der Waals surface area contributed by atoms with Crippen LogP contribution in [0.2, 0.25) is 0 Å². The summed E-state index contributed by atoms with van der Waals surface area (Å²) in [6.45, 7) is 9.38. The van der Waals surface area contributed by atoms with Gasteiger partial charge in [0.05, 0.1) is 22.2 Å². The molecule has 7 aromatic carbocycles. The normalized spacial score (nSPS) is 14.7. The minimum atomic E-state index is -0.123. The predicted molar refractivity (Wildman–Crippen MR) is 220 cm³/mol. The molecule has 0 aliphatic heterocycles. The fourth-order valence-corrected chi connectivity index (χ4v) is 9.63. The first-order valence-electron chi connectivity index (χ1n) is 18.6. The van der Waals surface area contributed by atoms with Gasteiger partial charge >= 0.3 is 0 Å². The molecule has 53 heavy (non-hydrogen) atoms. The molecular formula is C50H37N3. The molecule has 2 aromatic heterocycles. The highest BCUT2D eigenvalue weighted by Crippen LogP contribution is 2.53. The maximum absolute atomic E-state index is 5.60. The Morgan fingerprint density at radius 3 is 1.85 bits per heavy atom. The first-order valence-corrected chi connectivity index (χ1v) is 18.6. The second-order valence-corrected chi connectivity index (χ2v) is 15.8. The molecule has 0 fully saturated rings. The molecule has 0 saturated heterocycles. The van der Waals surface area contributed by atoms with Crippen LogP contribution in [0, 0.1) is 0 Å². The van der Waals surface area contributed by atoms with Gasteiger partial charge in [0.15, 0.2) is 0 Å². The first kappa shape index (κ1) is 30.3. The van der Waals surface area contributed by atoms with Crippen molar-refractivity contribution >= 4 is 32.7 Å². The van der Waals surface area contributed by atoms with E-state index in [0.717, 1.165) is 38.8 Å². The molecule has 2 aliphatic rings. The summed E-state index contributed by atoms with van der Waals surface area (Å²) in [6, 6.07) is 55.3. The Kier molecular flexibility index (Phi) is 6.07. The van der Waals surface area contributed by atoms with Crippen molar-refractivity contribution in [2.75, 3.05) is 0 Å². The lowest BCUT2D eigenvalue weighted by Crippen LogP contribution is -2.14. The van der Waals surface area contributed by atoms with Crippen LogP contribution < -0.4 is 0 Å². The van der Waals surface area contributed by atoms with Gasteiger partial charge in [-0.25, -0.2) is 9.97 Å². The lowest BCUT2D eigenvalue weighted by atomic mass is 9.81. The Labute approximate surface area is 309 Å². The Hall–Kier alpha value is -6.32. The van der Waals surface area contributed by atoms with E-state index in [1.807, 2.05) is 0 Å². The van der Waals surface area contributed by atoms with Gasteiger partial charge in [-0.2, -0.15) is 0 Å². The van der Waals surface area contributed by atoms with E-state index >= 15 is 0 Å². The minimum absolute atomic E-state index is 0.0877. The first-order chi connectivity index (χ1) is 25.8. The van der Waals surface area contributed by atoms with Crippen LogP contribution in [-0.4, -0.2) is 14.5 Å². The highest BCUT2D eigenvalue weighted by atomic mass is 15.2. The van der Waals surface area contributed by atoms with Crippen LogP contribution in [0.15, 0.2) is 152 Å². The maximum Gasteiger partial charge on any atom is 0.235 e. The molecule has 3 heteroatoms. The fourth-order valence-electron chi connectivity index (χ4n) is 9.63. The SMILES string of the molecule is CC1(C)c2ccccc2-c2ccc(-c3ccccc3-c3nc(-n4c5ccccc5c5ccc6c(c54)-c4ccccc4C6(C)C)nc4ccccc34)cc21. The van der Waals surface area contributed by atoms with Gasteiger partial charge < -0.3 is 0 Å². The van der Waals surface area contributed by atoms with Gasteiger partial charge in [0.1, 0.15) is 0 Å². The summed E-state index contributed by atoms with van der Waals surface area (Å²) < 4.78 is 2.33. The zero-order valence-electron chi connectivity index (χ0n) is 30.3. The van der Waals surface area contributed by atoms with Crippen molar-refractivity contribution in [1.82, 2.24) is 14.5 Å². The molecule has 2 aliphatic carbocycles. The highest BCUT2D eigenvalue weighted by Gasteiger charge is 2.38. The van der Waals surface area contributed by atoms with Crippen molar-refractivity contribution in [1.29, 1.82) is 0 Å². The van der Waals surface area contributed by atoms with Gasteiger partial charge in [0.25, 0.3) is 0 Å². The van der Waals surface area contributed by atoms with Crippen molar-refractivity contribution in [3.8, 4) is 50.6 Å². The molecule has 0 bridgehead atoms. The van der Waals surface area contributed by atoms with E-state index in [4.69, 9.17) is 9.97 Å². The predicted octanol–water partition coefficient (Wildman–Crippen LogP) is 12.7. The fraction of sp³-hybridized carbons (Fsp3) is 0.120. The number of aromatic nitrogens is 3. The summed E-state index contributed by atoms with van der Waals surface area (Å²) >= 11 is 0. The average Bonchev–Trinajstić information content (AvgIpc) is 3.74. The van der Waals surface area contributed by atoms with Crippen LogP contribution in [0.25, 0.3) is 83.3 Å². The molecule has 0 unspecified atom stereocenters. The molecule has 0 atom stereocenters. The smallest absolute Gasteiger partial charge is 0.235 e. The van der Waals surface area contributed by atoms with Crippen LogP contribution in [0.5, 0.6) is 0 Å². The van der Waals surface area contributed by atoms with Crippen LogP contribution in [0.1, 0.15) is 49.9 Å². The molecule has 0 spiro atoms. The highest BCUT2D eigenvalue weighted by molar-refractivity contribution is 6.15. The second kappa shape index (κ2) is 10.6. The van der Waals surface area contributed by atoms with E-state index in [9.17, 15) is 0 Å². The van der Waals surface area contributed by atoms with Gasteiger partial charge in [-0.05, 0) is 68.3 Å². The summed E-state index contributed by atoms with van der Waals surface area (Å²) in [5.41, 5.74) is 18.0. The molecule has 2 heterocycles. The van der Waals surface area contributed by atoms with E-state index in [1.54, 1.807) is 0 Å². The zero-order chi connectivity index (χ0) is 35.6. The Morgan fingerprint density at radius 1 is 0.434 bits per heavy atom. The van der Waals surface area contributed by atoms with Crippen molar-refractivity contribution in [3.63, 3.8) is 0 Å². The van der Waals surface area contributed by atoms with E-state index in [2.05, 4.69) is 184 Å². The molecule has 9 aromatic rings. The topological polar surface area (TPSA) is 30.7 Å². The van der Waals surface area contributed by atoms with E-state index in [0.29, 0.717) is 5.95 Å². The number of hydrogen-bond donors (Lipinski definition) is 0. The lowest BCUT2D eigenvalue weighted by molar-refractivity contribution is 0.660. The number of para-hydroxylation sites is 2. The second-order valence-electron chi connectivity index (χ2n) is 15.8. The molecule has 3 nitrogen and oxygen atoms in total. The summed E-state index contributed by atoms with van der Waals surface area (Å²) in [7, 11) is 0. The minimum Gasteiger partial charge on any atom is -0.277 e. The number of benzene rings is 7. The quantitative estimate of drug-likeness (QED) is 0.186. The van der Waals surface area contributed by atoms with Gasteiger partial charge in [0, 0.05) is 38.1 Å². The van der Waals surface area contributed by atoms with Crippen LogP contribution in [-0.2, 0) is 10.8 Å². The van der Waals surface area contributed by atoms with Crippen molar-refractivity contribution in [3.05, 3.63) is 174 Å². The summed E-state index contributed by atoms with van der Waals surface area (Å²) in [6.07, 6.45) is 0. The van der Waals surface area contributed by atoms with Gasteiger partial charge in [-0.1, -0.05) is 161 Å². The standard InChI is InChI=1S/C50H37N3/c1-49(2)40-22-12-8-19-37(40)45-41(49)28-27-36-34-17-10-14-24-44(34)53(47(36)45)48-51-43-23-13-9-20-38(43)46(52-48)35-18-6-5-15-31(35)30-25-26-33-32-16-7-11-21-39(32)50(3,4)42(33)29-30/h5-29H,1-4H3. The Balaban J connectivity index is 1.19. The van der Waals surface area contributed by atoms with Crippen LogP contribution >= 0.6 is 0 Å². The van der Waals surface area contributed by atoms with Crippen molar-refractivity contribution < 1.29 is 0 Å². The summed E-state index contributed by atoms with van der Waals surface area (Å²) in [5.74, 6) is 0.681. The van der Waals surface area contributed by atoms with Crippen LogP contribution in [0.4, 0.5) is 0 Å². The van der Waals surface area contributed by atoms with Crippen molar-refractivity contribution in [2.45, 2.75) is 38.5 Å². The summed E-state index contributed by atoms with van der Waals surface area (Å²) in [5, 5.41) is 3.45. The number of fused-ring (bicyclic) bond motifs is 11. The molecule has 11 rings (SSSR count). The van der Waals surface area contributed by atoms with Gasteiger partial charge in [-0.15, -0.1) is 0 Å². The third-order valence-corrected chi connectivity index (χ3v) is 12.2. The third-order valence-electron chi connectivity index (χ3n) is 12.2. The number of rotatable bonds is 3. The van der Waals surface area contributed by atoms with Gasteiger partial charge in [0.2, 0.25) is 5.95 Å². The molecule has 0 radical (unpaired) electrons. The average molecular weight is 680 g/mol.